The molecule has 0 radical (unpaired) electrons. The molecule has 2 aromatic rings. The number of azide groups is 1. The van der Waals surface area contributed by atoms with E-state index >= 15 is 4.39 Å². The summed E-state index contributed by atoms with van der Waals surface area (Å²) in [7, 11) is 0. The number of hydrogen-bond donors (Lipinski definition) is 2. The molecule has 0 unspecified atom stereocenters. The van der Waals surface area contributed by atoms with E-state index in [1.807, 2.05) is 22.6 Å². The van der Waals surface area contributed by atoms with E-state index in [4.69, 9.17) is 15.0 Å². The summed E-state index contributed by atoms with van der Waals surface area (Å²) in [5.74, 6) is -2.60. The van der Waals surface area contributed by atoms with Crippen LogP contribution in [0.1, 0.15) is 17.3 Å². The van der Waals surface area contributed by atoms with E-state index in [1.165, 1.54) is 28.9 Å². The van der Waals surface area contributed by atoms with Crippen molar-refractivity contribution in [2.45, 2.75) is 13.0 Å². The molecule has 216 valence electrons. The average molecular weight is 679 g/mol. The van der Waals surface area contributed by atoms with Crippen molar-refractivity contribution in [2.24, 2.45) is 5.11 Å². The molecule has 0 spiro atoms. The molecule has 1 atom stereocenters. The van der Waals surface area contributed by atoms with Gasteiger partial charge < -0.3 is 29.7 Å². The van der Waals surface area contributed by atoms with Crippen molar-refractivity contribution >= 4 is 63.5 Å². The minimum absolute atomic E-state index is 0.146. The van der Waals surface area contributed by atoms with Crippen molar-refractivity contribution in [1.29, 1.82) is 0 Å². The van der Waals surface area contributed by atoms with Crippen LogP contribution in [0, 0.1) is 9.39 Å². The second-order valence-electron chi connectivity index (χ2n) is 9.14. The molecule has 2 aromatic carbocycles. The Morgan fingerprint density at radius 3 is 2.63 bits per heavy atom. The van der Waals surface area contributed by atoms with Gasteiger partial charge in [-0.1, -0.05) is 5.11 Å². The highest BCUT2D eigenvalue weighted by Crippen LogP contribution is 2.31. The number of ether oxygens (including phenoxy) is 2. The Kier molecular flexibility index (Phi) is 9.34. The van der Waals surface area contributed by atoms with Gasteiger partial charge in [0.15, 0.2) is 6.61 Å². The first-order chi connectivity index (χ1) is 19.6. The largest absolute Gasteiger partial charge is 0.507 e. The molecular formula is C25H25FIN7O7. The molecule has 4 rings (SSSR count). The number of cyclic esters (lactones) is 1. The molecule has 2 saturated heterocycles. The maximum atomic E-state index is 15.1. The van der Waals surface area contributed by atoms with Crippen LogP contribution in [0.5, 0.6) is 5.75 Å². The van der Waals surface area contributed by atoms with E-state index in [9.17, 15) is 24.3 Å². The SMILES string of the molecule is CC(=O)NC[C@H]1CN(c2ccc(N3CCN(C(=O)COC(=O)c4cc([125I])c(N=[N+]=[N-])cc4O)CC3)c(F)c2)C(=O)O1. The number of phenolic OH excluding ortho intramolecular Hbond substituents is 1. The monoisotopic (exact) mass is 679 g/mol. The topological polar surface area (TPSA) is 177 Å². The molecule has 2 aliphatic heterocycles. The summed E-state index contributed by atoms with van der Waals surface area (Å²) in [5.41, 5.74) is 9.17. The Balaban J connectivity index is 1.29. The van der Waals surface area contributed by atoms with E-state index in [0.717, 1.165) is 6.07 Å². The number of esters is 1. The summed E-state index contributed by atoms with van der Waals surface area (Å²) in [5, 5.41) is 16.1. The van der Waals surface area contributed by atoms with Gasteiger partial charge in [-0.15, -0.1) is 0 Å². The first-order valence-corrected chi connectivity index (χ1v) is 13.4. The van der Waals surface area contributed by atoms with Crippen molar-refractivity contribution in [2.75, 3.05) is 55.7 Å². The van der Waals surface area contributed by atoms with Crippen molar-refractivity contribution in [3.05, 3.63) is 55.7 Å². The van der Waals surface area contributed by atoms with Crippen LogP contribution in [0.4, 0.5) is 26.2 Å². The Labute approximate surface area is 246 Å². The average Bonchev–Trinajstić information content (AvgIpc) is 3.32. The van der Waals surface area contributed by atoms with Gasteiger partial charge in [-0.3, -0.25) is 14.5 Å². The summed E-state index contributed by atoms with van der Waals surface area (Å²) in [6.07, 6.45) is -1.17. The number of halogens is 2. The van der Waals surface area contributed by atoms with E-state index in [-0.39, 0.29) is 43.3 Å². The second-order valence-corrected chi connectivity index (χ2v) is 10.3. The van der Waals surface area contributed by atoms with Crippen LogP contribution in [0.3, 0.4) is 0 Å². The van der Waals surface area contributed by atoms with Crippen LogP contribution >= 0.6 is 22.6 Å². The van der Waals surface area contributed by atoms with Gasteiger partial charge in [0.05, 0.1) is 30.2 Å². The van der Waals surface area contributed by atoms with Gasteiger partial charge in [0.2, 0.25) is 5.91 Å². The first-order valence-electron chi connectivity index (χ1n) is 12.4. The summed E-state index contributed by atoms with van der Waals surface area (Å²) >= 11 is 1.84. The van der Waals surface area contributed by atoms with Crippen LogP contribution in [-0.4, -0.2) is 85.9 Å². The number of nitrogens with zero attached hydrogens (tertiary/aromatic N) is 6. The summed E-state index contributed by atoms with van der Waals surface area (Å²) in [6.45, 7) is 2.29. The molecule has 3 amide bonds. The second kappa shape index (κ2) is 12.9. The number of amides is 3. The molecule has 2 fully saturated rings. The lowest BCUT2D eigenvalue weighted by atomic mass is 10.2. The van der Waals surface area contributed by atoms with Gasteiger partial charge in [-0.2, -0.15) is 0 Å². The zero-order valence-corrected chi connectivity index (χ0v) is 23.9. The van der Waals surface area contributed by atoms with E-state index < -0.39 is 42.2 Å². The quantitative estimate of drug-likeness (QED) is 0.141. The molecule has 0 aromatic heterocycles. The third-order valence-corrected chi connectivity index (χ3v) is 7.30. The third kappa shape index (κ3) is 7.07. The van der Waals surface area contributed by atoms with Crippen molar-refractivity contribution < 1.29 is 38.1 Å². The fourth-order valence-electron chi connectivity index (χ4n) is 4.35. The van der Waals surface area contributed by atoms with Crippen molar-refractivity contribution in [3.8, 4) is 5.75 Å². The van der Waals surface area contributed by atoms with E-state index in [0.29, 0.717) is 28.0 Å². The molecule has 0 saturated carbocycles. The Hall–Kier alpha value is -4.31. The molecule has 14 nitrogen and oxygen atoms in total. The maximum Gasteiger partial charge on any atom is 0.414 e. The van der Waals surface area contributed by atoms with Gasteiger partial charge in [-0.25, -0.2) is 14.0 Å². The predicted molar refractivity (Wildman–Crippen MR) is 151 cm³/mol. The van der Waals surface area contributed by atoms with Crippen LogP contribution in [0.15, 0.2) is 35.4 Å². The number of benzene rings is 2. The number of rotatable bonds is 8. The lowest BCUT2D eigenvalue weighted by Gasteiger charge is -2.36. The van der Waals surface area contributed by atoms with Crippen LogP contribution in [-0.2, 0) is 19.1 Å². The maximum absolute atomic E-state index is 15.1. The van der Waals surface area contributed by atoms with Crippen LogP contribution < -0.4 is 15.1 Å². The Morgan fingerprint density at radius 1 is 1.24 bits per heavy atom. The molecule has 2 aliphatic rings. The molecule has 0 aliphatic carbocycles. The van der Waals surface area contributed by atoms with Crippen molar-refractivity contribution in [3.63, 3.8) is 0 Å². The third-order valence-electron chi connectivity index (χ3n) is 6.43. The number of aromatic hydroxyl groups is 1. The van der Waals surface area contributed by atoms with Gasteiger partial charge in [0.25, 0.3) is 5.91 Å². The van der Waals surface area contributed by atoms with Crippen LogP contribution in [0.2, 0.25) is 0 Å². The molecule has 2 heterocycles. The summed E-state index contributed by atoms with van der Waals surface area (Å²) in [6, 6.07) is 6.82. The molecule has 41 heavy (non-hydrogen) atoms. The number of nitrogens with one attached hydrogen (secondary N) is 1. The number of hydrogen-bond acceptors (Lipinski definition) is 9. The number of carbonyl (C=O) groups excluding carboxylic acids is 4. The highest BCUT2D eigenvalue weighted by molar-refractivity contribution is 14.1. The smallest absolute Gasteiger partial charge is 0.414 e. The molecular weight excluding hydrogens is 654 g/mol. The predicted octanol–water partition coefficient (Wildman–Crippen LogP) is 3.04. The van der Waals surface area contributed by atoms with Gasteiger partial charge in [-0.05, 0) is 58.5 Å². The lowest BCUT2D eigenvalue weighted by molar-refractivity contribution is -0.134. The highest BCUT2D eigenvalue weighted by atomic mass is 125. The van der Waals surface area contributed by atoms with Crippen LogP contribution in [0.25, 0.3) is 10.4 Å². The normalized spacial score (nSPS) is 16.6. The van der Waals surface area contributed by atoms with Crippen molar-refractivity contribution in [1.82, 2.24) is 10.2 Å². The van der Waals surface area contributed by atoms with Gasteiger partial charge in [0.1, 0.15) is 23.2 Å². The zero-order valence-electron chi connectivity index (χ0n) is 21.7. The Bertz CT molecular complexity index is 1430. The number of piperazine rings is 1. The fraction of sp³-hybridized carbons (Fsp3) is 0.360. The molecule has 0 bridgehead atoms. The van der Waals surface area contributed by atoms with Gasteiger partial charge in [0, 0.05) is 41.6 Å². The number of phenols is 1. The van der Waals surface area contributed by atoms with Gasteiger partial charge >= 0.3 is 12.1 Å². The first kappa shape index (κ1) is 29.7. The lowest BCUT2D eigenvalue weighted by Crippen LogP contribution is -2.50. The van der Waals surface area contributed by atoms with E-state index in [2.05, 4.69) is 15.3 Å². The fourth-order valence-corrected chi connectivity index (χ4v) is 4.92. The Morgan fingerprint density at radius 2 is 1.98 bits per heavy atom. The number of anilines is 2. The summed E-state index contributed by atoms with van der Waals surface area (Å²) < 4.78 is 25.8. The molecule has 2 N–H and O–H groups in total. The standard InChI is InChI=1S/C25H25FIN7O7/c1-14(35)29-11-16-12-34(25(39)41-16)15-2-3-21(18(26)8-15)32-4-6-33(7-5-32)23(37)13-40-24(38)17-9-19(27)20(30-31-28)10-22(17)36/h2-3,8-10,16,36H,4-7,11-13H2,1H3,(H,29,35)/t16-/m0/s1/i27-2. The zero-order chi connectivity index (χ0) is 29.7. The molecule has 16 heteroatoms. The van der Waals surface area contributed by atoms with E-state index in [1.54, 1.807) is 17.0 Å². The minimum Gasteiger partial charge on any atom is -0.507 e. The number of carbonyl (C=O) groups is 4. The summed E-state index contributed by atoms with van der Waals surface area (Å²) in [4.78, 5) is 55.6. The minimum atomic E-state index is -0.912. The highest BCUT2D eigenvalue weighted by Gasteiger charge is 2.33.